The lowest BCUT2D eigenvalue weighted by Gasteiger charge is -2.14. The number of hydrogen-bond acceptors (Lipinski definition) is 8. The van der Waals surface area contributed by atoms with Gasteiger partial charge in [-0.25, -0.2) is 9.78 Å². The molecule has 13 heteroatoms. The summed E-state index contributed by atoms with van der Waals surface area (Å²) in [6.45, 7) is 1.33. The number of carbonyl (C=O) groups is 1. The van der Waals surface area contributed by atoms with Gasteiger partial charge >= 0.3 is 17.8 Å². The van der Waals surface area contributed by atoms with Crippen molar-refractivity contribution in [2.24, 2.45) is 5.10 Å². The number of esters is 1. The van der Waals surface area contributed by atoms with Gasteiger partial charge < -0.3 is 9.47 Å². The number of alkyl halides is 3. The highest BCUT2D eigenvalue weighted by Crippen LogP contribution is 2.33. The van der Waals surface area contributed by atoms with Gasteiger partial charge in [-0.05, 0) is 37.3 Å². The first kappa shape index (κ1) is 27.0. The average molecular weight is 540 g/mol. The van der Waals surface area contributed by atoms with Crippen molar-refractivity contribution in [3.63, 3.8) is 0 Å². The summed E-state index contributed by atoms with van der Waals surface area (Å²) >= 11 is 0. The van der Waals surface area contributed by atoms with Crippen molar-refractivity contribution in [2.75, 3.05) is 7.11 Å². The molecule has 0 unspecified atom stereocenters. The molecule has 0 spiro atoms. The van der Waals surface area contributed by atoms with Crippen molar-refractivity contribution in [2.45, 2.75) is 19.2 Å². The van der Waals surface area contributed by atoms with Gasteiger partial charge in [0.2, 0.25) is 5.75 Å². The zero-order chi connectivity index (χ0) is 28.3. The van der Waals surface area contributed by atoms with Gasteiger partial charge in [0.1, 0.15) is 0 Å². The number of para-hydroxylation sites is 2. The van der Waals surface area contributed by atoms with Crippen molar-refractivity contribution < 1.29 is 32.4 Å². The van der Waals surface area contributed by atoms with Gasteiger partial charge in [0.25, 0.3) is 5.56 Å². The van der Waals surface area contributed by atoms with Crippen LogP contribution in [-0.4, -0.2) is 40.0 Å². The molecular formula is C26H19F3N4O6. The highest BCUT2D eigenvalue weighted by atomic mass is 19.4. The molecule has 0 saturated heterocycles. The van der Waals surface area contributed by atoms with Crippen LogP contribution in [0.4, 0.5) is 18.9 Å². The highest BCUT2D eigenvalue weighted by Gasteiger charge is 2.31. The van der Waals surface area contributed by atoms with Crippen LogP contribution in [-0.2, 0) is 15.7 Å². The van der Waals surface area contributed by atoms with Crippen molar-refractivity contribution >= 4 is 28.8 Å². The van der Waals surface area contributed by atoms with Gasteiger partial charge in [0.15, 0.2) is 11.9 Å². The van der Waals surface area contributed by atoms with Crippen molar-refractivity contribution in [1.82, 2.24) is 9.66 Å². The van der Waals surface area contributed by atoms with Crippen LogP contribution < -0.4 is 10.3 Å². The molecule has 0 radical (unpaired) electrons. The van der Waals surface area contributed by atoms with E-state index in [1.807, 2.05) is 0 Å². The maximum atomic E-state index is 13.4. The lowest BCUT2D eigenvalue weighted by Crippen LogP contribution is -2.25. The van der Waals surface area contributed by atoms with Crippen molar-refractivity contribution in [3.05, 3.63) is 98.3 Å². The first-order valence-corrected chi connectivity index (χ1v) is 11.3. The third-order valence-electron chi connectivity index (χ3n) is 5.56. The number of nitrogens with zero attached hydrogens (tertiary/aromatic N) is 4. The molecular weight excluding hydrogens is 521 g/mol. The third kappa shape index (κ3) is 5.61. The summed E-state index contributed by atoms with van der Waals surface area (Å²) in [6, 6.07) is 14.3. The molecule has 39 heavy (non-hydrogen) atoms. The zero-order valence-electron chi connectivity index (χ0n) is 20.4. The quantitative estimate of drug-likeness (QED) is 0.142. The number of aromatic nitrogens is 2. The number of carbonyl (C=O) groups excluding carboxylic acids is 1. The van der Waals surface area contributed by atoms with E-state index in [0.29, 0.717) is 0 Å². The molecule has 0 saturated carbocycles. The molecule has 1 aromatic heterocycles. The van der Waals surface area contributed by atoms with Crippen LogP contribution in [0.15, 0.2) is 76.6 Å². The Bertz CT molecular complexity index is 1670. The van der Waals surface area contributed by atoms with Gasteiger partial charge in [-0.1, -0.05) is 30.3 Å². The van der Waals surface area contributed by atoms with E-state index in [1.54, 1.807) is 12.1 Å². The number of ether oxygens (including phenoxy) is 2. The summed E-state index contributed by atoms with van der Waals surface area (Å²) < 4.78 is 51.1. The topological polar surface area (TPSA) is 126 Å². The molecule has 0 N–H and O–H groups in total. The Kier molecular flexibility index (Phi) is 7.42. The molecule has 0 aliphatic carbocycles. The fourth-order valence-electron chi connectivity index (χ4n) is 3.68. The Morgan fingerprint density at radius 1 is 1.13 bits per heavy atom. The van der Waals surface area contributed by atoms with Crippen LogP contribution in [0.5, 0.6) is 5.75 Å². The van der Waals surface area contributed by atoms with Gasteiger partial charge in [0.05, 0.1) is 34.7 Å². The Morgan fingerprint density at radius 2 is 1.85 bits per heavy atom. The molecule has 10 nitrogen and oxygen atoms in total. The number of methoxy groups -OCH3 is 1. The second-order valence-corrected chi connectivity index (χ2v) is 8.13. The maximum absolute atomic E-state index is 13.4. The second kappa shape index (κ2) is 10.7. The third-order valence-corrected chi connectivity index (χ3v) is 5.56. The van der Waals surface area contributed by atoms with Crippen LogP contribution in [0.2, 0.25) is 0 Å². The van der Waals surface area contributed by atoms with E-state index in [2.05, 4.69) is 14.8 Å². The molecule has 0 aliphatic heterocycles. The zero-order valence-corrected chi connectivity index (χ0v) is 20.4. The van der Waals surface area contributed by atoms with E-state index in [1.165, 1.54) is 43.3 Å². The van der Waals surface area contributed by atoms with E-state index < -0.39 is 40.0 Å². The van der Waals surface area contributed by atoms with E-state index in [9.17, 15) is 32.9 Å². The minimum atomic E-state index is -4.65. The minimum Gasteiger partial charge on any atom is -0.471 e. The molecule has 0 aliphatic rings. The van der Waals surface area contributed by atoms with E-state index in [-0.39, 0.29) is 33.6 Å². The largest absolute Gasteiger partial charge is 0.471 e. The van der Waals surface area contributed by atoms with Crippen molar-refractivity contribution in [1.29, 1.82) is 0 Å². The summed E-state index contributed by atoms with van der Waals surface area (Å²) in [5, 5.41) is 15.9. The van der Waals surface area contributed by atoms with Gasteiger partial charge in [-0.2, -0.15) is 22.9 Å². The standard InChI is InChI=1S/C26H19F3N4O6/c1-15(25(35)38-2)39-22-17(8-6-12-21(22)33(36)37)14-30-32-23(16-7-5-9-18(13-16)26(27,28)29)31-20-11-4-3-10-19(20)24(32)34/h3-15H,1-2H3/t15-/m0/s1. The predicted octanol–water partition coefficient (Wildman–Crippen LogP) is 4.81. The van der Waals surface area contributed by atoms with Crippen LogP contribution in [0.1, 0.15) is 18.1 Å². The first-order chi connectivity index (χ1) is 18.5. The van der Waals surface area contributed by atoms with Crippen molar-refractivity contribution in [3.8, 4) is 17.1 Å². The monoisotopic (exact) mass is 540 g/mol. The summed E-state index contributed by atoms with van der Waals surface area (Å²) in [4.78, 5) is 40.5. The lowest BCUT2D eigenvalue weighted by molar-refractivity contribution is -0.386. The summed E-state index contributed by atoms with van der Waals surface area (Å²) in [6.07, 6.45) is -4.82. The maximum Gasteiger partial charge on any atom is 0.416 e. The second-order valence-electron chi connectivity index (χ2n) is 8.13. The molecule has 200 valence electrons. The number of nitro groups is 1. The number of benzene rings is 3. The molecule has 0 bridgehead atoms. The van der Waals surface area contributed by atoms with E-state index in [0.717, 1.165) is 36.2 Å². The Morgan fingerprint density at radius 3 is 2.54 bits per heavy atom. The van der Waals surface area contributed by atoms with Crippen LogP contribution in [0, 0.1) is 10.1 Å². The van der Waals surface area contributed by atoms with Gasteiger partial charge in [-0.15, -0.1) is 0 Å². The fourth-order valence-corrected chi connectivity index (χ4v) is 3.68. The molecule has 1 heterocycles. The Labute approximate surface area is 218 Å². The Balaban J connectivity index is 1.92. The summed E-state index contributed by atoms with van der Waals surface area (Å²) in [5.74, 6) is -1.32. The van der Waals surface area contributed by atoms with E-state index in [4.69, 9.17) is 4.74 Å². The highest BCUT2D eigenvalue weighted by molar-refractivity contribution is 5.87. The smallest absolute Gasteiger partial charge is 0.416 e. The SMILES string of the molecule is COC(=O)[C@H](C)Oc1c(C=Nn2c(-c3cccc(C(F)(F)F)c3)nc3ccccc3c2=O)cccc1[N+](=O)[O-]. The number of rotatable bonds is 7. The lowest BCUT2D eigenvalue weighted by atomic mass is 10.1. The number of halogens is 3. The van der Waals surface area contributed by atoms with Gasteiger partial charge in [0, 0.05) is 17.2 Å². The number of nitro benzene ring substituents is 1. The number of fused-ring (bicyclic) bond motifs is 1. The normalized spacial score (nSPS) is 12.4. The van der Waals surface area contributed by atoms with Crippen LogP contribution in [0.3, 0.4) is 0 Å². The Hall–Kier alpha value is -5.07. The first-order valence-electron chi connectivity index (χ1n) is 11.3. The fraction of sp³-hybridized carbons (Fsp3) is 0.154. The molecule has 3 aromatic carbocycles. The summed E-state index contributed by atoms with van der Waals surface area (Å²) in [5.41, 5.74) is -1.94. The molecule has 4 rings (SSSR count). The molecule has 1 atom stereocenters. The minimum absolute atomic E-state index is 0.00926. The average Bonchev–Trinajstić information content (AvgIpc) is 2.92. The van der Waals surface area contributed by atoms with Crippen LogP contribution in [0.25, 0.3) is 22.3 Å². The van der Waals surface area contributed by atoms with Gasteiger partial charge in [-0.3, -0.25) is 14.9 Å². The molecule has 4 aromatic rings. The van der Waals surface area contributed by atoms with Crippen LogP contribution >= 0.6 is 0 Å². The molecule has 0 fully saturated rings. The predicted molar refractivity (Wildman–Crippen MR) is 135 cm³/mol. The number of hydrogen-bond donors (Lipinski definition) is 0. The molecule has 0 amide bonds. The van der Waals surface area contributed by atoms with E-state index >= 15 is 0 Å². The summed E-state index contributed by atoms with van der Waals surface area (Å²) in [7, 11) is 1.12.